The SMILES string of the molecule is N#Cc1ccc(-c2cnc3sc(-c4ccc(C(=O)OCCCN5CCOCC5)cc4)nn23)cc1. The number of ether oxygens (including phenoxy) is 2. The maximum atomic E-state index is 12.4. The van der Waals surface area contributed by atoms with E-state index in [4.69, 9.17) is 19.8 Å². The number of nitriles is 1. The molecule has 0 N–H and O–H groups in total. The monoisotopic (exact) mass is 473 g/mol. The minimum absolute atomic E-state index is 0.314. The Labute approximate surface area is 201 Å². The lowest BCUT2D eigenvalue weighted by Gasteiger charge is -2.26. The maximum Gasteiger partial charge on any atom is 0.338 e. The molecule has 4 aromatic rings. The predicted octanol–water partition coefficient (Wildman–Crippen LogP) is 3.88. The van der Waals surface area contributed by atoms with E-state index in [0.29, 0.717) is 17.7 Å². The van der Waals surface area contributed by atoms with Gasteiger partial charge in [0.2, 0.25) is 4.96 Å². The molecule has 2 aromatic carbocycles. The third kappa shape index (κ3) is 4.84. The van der Waals surface area contributed by atoms with E-state index < -0.39 is 0 Å². The summed E-state index contributed by atoms with van der Waals surface area (Å²) in [5.41, 5.74) is 3.84. The van der Waals surface area contributed by atoms with Gasteiger partial charge in [-0.3, -0.25) is 4.90 Å². The molecular formula is C25H23N5O3S. The Balaban J connectivity index is 1.22. The van der Waals surface area contributed by atoms with E-state index in [-0.39, 0.29) is 5.97 Å². The fraction of sp³-hybridized carbons (Fsp3) is 0.280. The van der Waals surface area contributed by atoms with Gasteiger partial charge in [0, 0.05) is 30.8 Å². The van der Waals surface area contributed by atoms with Gasteiger partial charge in [-0.15, -0.1) is 0 Å². The Morgan fingerprint density at radius 2 is 1.82 bits per heavy atom. The third-order valence-corrected chi connectivity index (χ3v) is 6.69. The van der Waals surface area contributed by atoms with E-state index in [1.807, 2.05) is 24.3 Å². The molecule has 1 fully saturated rings. The highest BCUT2D eigenvalue weighted by Crippen LogP contribution is 2.29. The average Bonchev–Trinajstić information content (AvgIpc) is 3.49. The molecule has 0 aliphatic carbocycles. The number of aromatic nitrogens is 3. The lowest BCUT2D eigenvalue weighted by Crippen LogP contribution is -2.37. The molecule has 8 nitrogen and oxygen atoms in total. The summed E-state index contributed by atoms with van der Waals surface area (Å²) in [7, 11) is 0. The second kappa shape index (κ2) is 10.1. The van der Waals surface area contributed by atoms with Crippen LogP contribution in [0.25, 0.3) is 26.8 Å². The number of imidazole rings is 1. The van der Waals surface area contributed by atoms with Crippen LogP contribution in [0.3, 0.4) is 0 Å². The second-order valence-electron chi connectivity index (χ2n) is 7.96. The van der Waals surface area contributed by atoms with E-state index >= 15 is 0 Å². The number of rotatable bonds is 7. The lowest BCUT2D eigenvalue weighted by molar-refractivity contribution is 0.0298. The van der Waals surface area contributed by atoms with Crippen LogP contribution in [-0.4, -0.2) is 64.9 Å². The molecule has 0 saturated carbocycles. The first kappa shape index (κ1) is 22.2. The summed E-state index contributed by atoms with van der Waals surface area (Å²) in [5.74, 6) is -0.314. The average molecular weight is 474 g/mol. The molecule has 0 amide bonds. The topological polar surface area (TPSA) is 92.8 Å². The molecule has 0 unspecified atom stereocenters. The molecule has 9 heteroatoms. The number of nitrogens with zero attached hydrogens (tertiary/aromatic N) is 5. The van der Waals surface area contributed by atoms with Crippen molar-refractivity contribution in [3.05, 3.63) is 65.9 Å². The van der Waals surface area contributed by atoms with Crippen LogP contribution in [0.1, 0.15) is 22.3 Å². The Morgan fingerprint density at radius 3 is 2.56 bits per heavy atom. The summed E-state index contributed by atoms with van der Waals surface area (Å²) in [5, 5.41) is 14.5. The van der Waals surface area contributed by atoms with Crippen LogP contribution in [0.15, 0.2) is 54.7 Å². The van der Waals surface area contributed by atoms with Gasteiger partial charge in [0.05, 0.1) is 48.9 Å². The van der Waals surface area contributed by atoms with Crippen molar-refractivity contribution in [3.8, 4) is 27.9 Å². The number of carbonyl (C=O) groups is 1. The van der Waals surface area contributed by atoms with Crippen LogP contribution in [0.5, 0.6) is 0 Å². The molecule has 2 aromatic heterocycles. The second-order valence-corrected chi connectivity index (χ2v) is 8.91. The molecule has 0 atom stereocenters. The highest BCUT2D eigenvalue weighted by Gasteiger charge is 2.15. The van der Waals surface area contributed by atoms with E-state index in [9.17, 15) is 4.79 Å². The lowest BCUT2D eigenvalue weighted by atomic mass is 10.1. The van der Waals surface area contributed by atoms with Gasteiger partial charge >= 0.3 is 5.97 Å². The largest absolute Gasteiger partial charge is 0.462 e. The zero-order valence-electron chi connectivity index (χ0n) is 18.5. The minimum atomic E-state index is -0.314. The van der Waals surface area contributed by atoms with Crippen LogP contribution in [0.2, 0.25) is 0 Å². The highest BCUT2D eigenvalue weighted by atomic mass is 32.1. The van der Waals surface area contributed by atoms with Crippen molar-refractivity contribution < 1.29 is 14.3 Å². The molecule has 0 spiro atoms. The fourth-order valence-electron chi connectivity index (χ4n) is 3.83. The predicted molar refractivity (Wildman–Crippen MR) is 129 cm³/mol. The smallest absolute Gasteiger partial charge is 0.338 e. The first-order valence-corrected chi connectivity index (χ1v) is 12.0. The van der Waals surface area contributed by atoms with Gasteiger partial charge in [-0.1, -0.05) is 35.6 Å². The number of carbonyl (C=O) groups excluding carboxylic acids is 1. The minimum Gasteiger partial charge on any atom is -0.462 e. The van der Waals surface area contributed by atoms with Crippen molar-refractivity contribution in [1.29, 1.82) is 5.26 Å². The molecule has 0 bridgehead atoms. The summed E-state index contributed by atoms with van der Waals surface area (Å²) in [4.78, 5) is 20.0. The molecule has 172 valence electrons. The van der Waals surface area contributed by atoms with Gasteiger partial charge in [0.25, 0.3) is 0 Å². The molecule has 0 radical (unpaired) electrons. The van der Waals surface area contributed by atoms with E-state index in [2.05, 4.69) is 16.0 Å². The van der Waals surface area contributed by atoms with Crippen LogP contribution in [-0.2, 0) is 9.47 Å². The quantitative estimate of drug-likeness (QED) is 0.297. The fourth-order valence-corrected chi connectivity index (χ4v) is 4.71. The van der Waals surface area contributed by atoms with Crippen molar-refractivity contribution >= 4 is 22.3 Å². The van der Waals surface area contributed by atoms with Crippen molar-refractivity contribution in [1.82, 2.24) is 19.5 Å². The molecular weight excluding hydrogens is 450 g/mol. The number of hydrogen-bond acceptors (Lipinski definition) is 8. The first-order valence-electron chi connectivity index (χ1n) is 11.1. The molecule has 34 heavy (non-hydrogen) atoms. The van der Waals surface area contributed by atoms with Crippen LogP contribution < -0.4 is 0 Å². The van der Waals surface area contributed by atoms with Gasteiger partial charge in [-0.05, 0) is 30.7 Å². The van der Waals surface area contributed by atoms with Crippen LogP contribution in [0.4, 0.5) is 0 Å². The Morgan fingerprint density at radius 1 is 1.09 bits per heavy atom. The zero-order chi connectivity index (χ0) is 23.3. The number of esters is 1. The van der Waals surface area contributed by atoms with E-state index in [0.717, 1.165) is 66.1 Å². The van der Waals surface area contributed by atoms with Gasteiger partial charge in [0.15, 0.2) is 0 Å². The van der Waals surface area contributed by atoms with Gasteiger partial charge in [-0.2, -0.15) is 10.4 Å². The van der Waals surface area contributed by atoms with Crippen molar-refractivity contribution in [3.63, 3.8) is 0 Å². The maximum absolute atomic E-state index is 12.4. The van der Waals surface area contributed by atoms with Crippen LogP contribution in [0, 0.1) is 11.3 Å². The highest BCUT2D eigenvalue weighted by molar-refractivity contribution is 7.19. The summed E-state index contributed by atoms with van der Waals surface area (Å²) in [6.45, 7) is 4.73. The number of hydrogen-bond donors (Lipinski definition) is 0. The molecule has 1 saturated heterocycles. The standard InChI is InChI=1S/C25H23N5O3S/c26-16-18-2-4-19(5-3-18)22-17-27-25-30(22)28-23(34-25)20-6-8-21(9-7-20)24(31)33-13-1-10-29-11-14-32-15-12-29/h2-9,17H,1,10-15H2. The Kier molecular flexibility index (Phi) is 6.62. The van der Waals surface area contributed by atoms with Crippen LogP contribution >= 0.6 is 11.3 Å². The zero-order valence-corrected chi connectivity index (χ0v) is 19.3. The first-order chi connectivity index (χ1) is 16.7. The van der Waals surface area contributed by atoms with Gasteiger partial charge < -0.3 is 9.47 Å². The summed E-state index contributed by atoms with van der Waals surface area (Å²) >= 11 is 1.48. The molecule has 1 aliphatic rings. The van der Waals surface area contributed by atoms with E-state index in [1.165, 1.54) is 11.3 Å². The van der Waals surface area contributed by atoms with Crippen molar-refractivity contribution in [2.45, 2.75) is 6.42 Å². The molecule has 3 heterocycles. The Bertz CT molecular complexity index is 1320. The third-order valence-electron chi connectivity index (χ3n) is 5.72. The normalized spacial score (nSPS) is 14.2. The Hall–Kier alpha value is -3.58. The molecule has 1 aliphatic heterocycles. The number of morpholine rings is 1. The number of fused-ring (bicyclic) bond motifs is 1. The van der Waals surface area contributed by atoms with E-state index in [1.54, 1.807) is 35.0 Å². The van der Waals surface area contributed by atoms with Gasteiger partial charge in [-0.25, -0.2) is 14.3 Å². The number of benzene rings is 2. The van der Waals surface area contributed by atoms with Crippen molar-refractivity contribution in [2.75, 3.05) is 39.5 Å². The summed E-state index contributed by atoms with van der Waals surface area (Å²) < 4.78 is 12.6. The molecule has 5 rings (SSSR count). The van der Waals surface area contributed by atoms with Crippen molar-refractivity contribution in [2.24, 2.45) is 0 Å². The van der Waals surface area contributed by atoms with Gasteiger partial charge in [0.1, 0.15) is 5.01 Å². The summed E-state index contributed by atoms with van der Waals surface area (Å²) in [6, 6.07) is 16.8. The summed E-state index contributed by atoms with van der Waals surface area (Å²) in [6.07, 6.45) is 2.59.